The minimum atomic E-state index is -0.331. The summed E-state index contributed by atoms with van der Waals surface area (Å²) in [5.41, 5.74) is 2.00. The van der Waals surface area contributed by atoms with Crippen molar-refractivity contribution in [2.75, 3.05) is 25.5 Å². The Labute approximate surface area is 180 Å². The number of rotatable bonds is 6. The second-order valence-electron chi connectivity index (χ2n) is 8.31. The lowest BCUT2D eigenvalue weighted by atomic mass is 10.2. The van der Waals surface area contributed by atoms with Gasteiger partial charge in [0.05, 0.1) is 11.1 Å². The number of aromatic nitrogens is 6. The second kappa shape index (κ2) is 7.52. The topological polar surface area (TPSA) is 114 Å². The highest BCUT2D eigenvalue weighted by Gasteiger charge is 2.51. The maximum Gasteiger partial charge on any atom is 0.242 e. The number of hydrogen-bond donors (Lipinski definition) is 2. The first kappa shape index (κ1) is 19.8. The first-order valence-corrected chi connectivity index (χ1v) is 10.8. The highest BCUT2D eigenvalue weighted by Crippen LogP contribution is 2.37. The molecule has 5 rings (SSSR count). The van der Waals surface area contributed by atoms with Crippen molar-refractivity contribution in [3.8, 4) is 11.4 Å². The molecule has 31 heavy (non-hydrogen) atoms. The molecule has 0 unspecified atom stereocenters. The standard InChI is InChI=1S/C21H27N9O/c1-4-30-18(14-9-23-13(2)24-10-14)28-16-17(25-12-26-19(16)30)27-15-5-8-29(11-15)20(31)21(22-3)6-7-21/h9-10,12,15,22H,4-8,11H2,1-3H3,(H,25,26,27)/t15-/m0/s1. The molecule has 1 aliphatic heterocycles. The fraction of sp³-hybridized carbons (Fsp3) is 0.524. The summed E-state index contributed by atoms with van der Waals surface area (Å²) < 4.78 is 2.05. The van der Waals surface area contributed by atoms with Crippen LogP contribution in [0.1, 0.15) is 32.0 Å². The van der Waals surface area contributed by atoms with Crippen LogP contribution in [0, 0.1) is 6.92 Å². The fourth-order valence-electron chi connectivity index (χ4n) is 4.32. The molecule has 0 spiro atoms. The van der Waals surface area contributed by atoms with Crippen LogP contribution in [-0.2, 0) is 11.3 Å². The highest BCUT2D eigenvalue weighted by atomic mass is 16.2. The first-order chi connectivity index (χ1) is 15.0. The van der Waals surface area contributed by atoms with Crippen LogP contribution in [0.15, 0.2) is 18.7 Å². The number of hydrogen-bond acceptors (Lipinski definition) is 8. The number of nitrogens with one attached hydrogen (secondary N) is 2. The van der Waals surface area contributed by atoms with Gasteiger partial charge >= 0.3 is 0 Å². The second-order valence-corrected chi connectivity index (χ2v) is 8.31. The summed E-state index contributed by atoms with van der Waals surface area (Å²) in [4.78, 5) is 37.2. The van der Waals surface area contributed by atoms with Gasteiger partial charge in [0.25, 0.3) is 0 Å². The van der Waals surface area contributed by atoms with Gasteiger partial charge in [0.15, 0.2) is 17.0 Å². The number of nitrogens with zero attached hydrogens (tertiary/aromatic N) is 7. The molecule has 4 heterocycles. The van der Waals surface area contributed by atoms with Crippen molar-refractivity contribution < 1.29 is 4.79 Å². The van der Waals surface area contributed by atoms with E-state index in [0.29, 0.717) is 18.9 Å². The van der Waals surface area contributed by atoms with E-state index < -0.39 is 0 Å². The Morgan fingerprint density at radius 1 is 1.23 bits per heavy atom. The fourth-order valence-corrected chi connectivity index (χ4v) is 4.32. The van der Waals surface area contributed by atoms with Gasteiger partial charge < -0.3 is 20.1 Å². The maximum absolute atomic E-state index is 12.8. The average molecular weight is 422 g/mol. The van der Waals surface area contributed by atoms with E-state index in [4.69, 9.17) is 4.98 Å². The molecule has 1 aliphatic carbocycles. The van der Waals surface area contributed by atoms with Crippen molar-refractivity contribution in [3.63, 3.8) is 0 Å². The molecule has 3 aromatic heterocycles. The number of anilines is 1. The van der Waals surface area contributed by atoms with E-state index >= 15 is 0 Å². The van der Waals surface area contributed by atoms with E-state index in [1.54, 1.807) is 18.7 Å². The molecule has 1 amide bonds. The summed E-state index contributed by atoms with van der Waals surface area (Å²) >= 11 is 0. The Hall–Kier alpha value is -3.14. The zero-order chi connectivity index (χ0) is 21.6. The number of likely N-dealkylation sites (tertiary alicyclic amines) is 1. The summed E-state index contributed by atoms with van der Waals surface area (Å²) in [6.07, 6.45) is 7.85. The SMILES string of the molecule is CCn1c(-c2cnc(C)nc2)nc2c(N[C@H]3CCN(C(=O)C4(NC)CC4)C3)ncnc21. The minimum absolute atomic E-state index is 0.132. The van der Waals surface area contributed by atoms with Crippen LogP contribution in [0.3, 0.4) is 0 Å². The Bertz CT molecular complexity index is 1120. The Balaban J connectivity index is 1.41. The normalized spacial score (nSPS) is 19.7. The van der Waals surface area contributed by atoms with Crippen molar-refractivity contribution >= 4 is 22.9 Å². The number of aryl methyl sites for hydroxylation is 2. The third-order valence-electron chi connectivity index (χ3n) is 6.34. The van der Waals surface area contributed by atoms with E-state index in [0.717, 1.165) is 54.2 Å². The number of carbonyl (C=O) groups excluding carboxylic acids is 1. The van der Waals surface area contributed by atoms with Crippen molar-refractivity contribution in [3.05, 3.63) is 24.5 Å². The van der Waals surface area contributed by atoms with Crippen molar-refractivity contribution in [2.45, 2.75) is 51.2 Å². The van der Waals surface area contributed by atoms with Gasteiger partial charge in [0.2, 0.25) is 5.91 Å². The predicted molar refractivity (Wildman–Crippen MR) is 116 cm³/mol. The zero-order valence-electron chi connectivity index (χ0n) is 18.1. The lowest BCUT2D eigenvalue weighted by molar-refractivity contribution is -0.133. The number of carbonyl (C=O) groups is 1. The molecule has 1 saturated carbocycles. The molecule has 10 heteroatoms. The molecule has 162 valence electrons. The van der Waals surface area contributed by atoms with Crippen LogP contribution < -0.4 is 10.6 Å². The molecule has 0 aromatic carbocycles. The highest BCUT2D eigenvalue weighted by molar-refractivity contribution is 5.90. The summed E-state index contributed by atoms with van der Waals surface area (Å²) in [5.74, 6) is 2.40. The summed E-state index contributed by atoms with van der Waals surface area (Å²) in [6.45, 7) is 6.06. The molecule has 10 nitrogen and oxygen atoms in total. The number of amides is 1. The third kappa shape index (κ3) is 3.40. The van der Waals surface area contributed by atoms with Gasteiger partial charge in [-0.15, -0.1) is 0 Å². The van der Waals surface area contributed by atoms with Crippen LogP contribution in [0.5, 0.6) is 0 Å². The van der Waals surface area contributed by atoms with Crippen LogP contribution >= 0.6 is 0 Å². The van der Waals surface area contributed by atoms with E-state index in [9.17, 15) is 4.79 Å². The molecule has 0 bridgehead atoms. The molecule has 3 aromatic rings. The molecular weight excluding hydrogens is 394 g/mol. The Kier molecular flexibility index (Phi) is 4.81. The largest absolute Gasteiger partial charge is 0.364 e. The number of imidazole rings is 1. The first-order valence-electron chi connectivity index (χ1n) is 10.8. The van der Waals surface area contributed by atoms with E-state index in [1.165, 1.54) is 0 Å². The van der Waals surface area contributed by atoms with Crippen molar-refractivity contribution in [2.24, 2.45) is 0 Å². The lowest BCUT2D eigenvalue weighted by Gasteiger charge is -2.23. The molecule has 1 atom stereocenters. The molecule has 2 N–H and O–H groups in total. The predicted octanol–water partition coefficient (Wildman–Crippen LogP) is 1.38. The minimum Gasteiger partial charge on any atom is -0.364 e. The maximum atomic E-state index is 12.8. The van der Waals surface area contributed by atoms with Gasteiger partial charge in [-0.1, -0.05) is 0 Å². The quantitative estimate of drug-likeness (QED) is 0.614. The molecule has 2 fully saturated rings. The Morgan fingerprint density at radius 3 is 2.68 bits per heavy atom. The van der Waals surface area contributed by atoms with E-state index in [-0.39, 0.29) is 17.5 Å². The lowest BCUT2D eigenvalue weighted by Crippen LogP contribution is -2.47. The van der Waals surface area contributed by atoms with Crippen LogP contribution in [0.4, 0.5) is 5.82 Å². The van der Waals surface area contributed by atoms with Gasteiger partial charge in [-0.2, -0.15) is 0 Å². The molecule has 0 radical (unpaired) electrons. The summed E-state index contributed by atoms with van der Waals surface area (Å²) in [5, 5.41) is 6.71. The van der Waals surface area contributed by atoms with Gasteiger partial charge in [0, 0.05) is 38.1 Å². The number of likely N-dealkylation sites (N-methyl/N-ethyl adjacent to an activating group) is 1. The number of fused-ring (bicyclic) bond motifs is 1. The van der Waals surface area contributed by atoms with Gasteiger partial charge in [-0.3, -0.25) is 4.79 Å². The third-order valence-corrected chi connectivity index (χ3v) is 6.34. The monoisotopic (exact) mass is 421 g/mol. The molecular formula is C21H27N9O. The van der Waals surface area contributed by atoms with Crippen LogP contribution in [0.25, 0.3) is 22.6 Å². The van der Waals surface area contributed by atoms with Gasteiger partial charge in [-0.25, -0.2) is 24.9 Å². The molecule has 2 aliphatic rings. The Morgan fingerprint density at radius 2 is 2.00 bits per heavy atom. The van der Waals surface area contributed by atoms with Crippen molar-refractivity contribution in [1.82, 2.24) is 39.7 Å². The van der Waals surface area contributed by atoms with E-state index in [2.05, 4.69) is 37.5 Å². The average Bonchev–Trinajstić information content (AvgIpc) is 3.29. The smallest absolute Gasteiger partial charge is 0.242 e. The van der Waals surface area contributed by atoms with Crippen LogP contribution in [-0.4, -0.2) is 72.0 Å². The molecule has 1 saturated heterocycles. The van der Waals surface area contributed by atoms with E-state index in [1.807, 2.05) is 23.4 Å². The summed E-state index contributed by atoms with van der Waals surface area (Å²) in [7, 11) is 1.87. The van der Waals surface area contributed by atoms with Crippen molar-refractivity contribution in [1.29, 1.82) is 0 Å². The van der Waals surface area contributed by atoms with Gasteiger partial charge in [0.1, 0.15) is 18.0 Å². The summed E-state index contributed by atoms with van der Waals surface area (Å²) in [6, 6.07) is 0.132. The van der Waals surface area contributed by atoms with Crippen LogP contribution in [0.2, 0.25) is 0 Å². The van der Waals surface area contributed by atoms with Gasteiger partial charge in [-0.05, 0) is 40.2 Å². The zero-order valence-corrected chi connectivity index (χ0v) is 18.1.